The highest BCUT2D eigenvalue weighted by Crippen LogP contribution is 2.18. The van der Waals surface area contributed by atoms with Gasteiger partial charge in [-0.1, -0.05) is 6.07 Å². The fourth-order valence-corrected chi connectivity index (χ4v) is 1.62. The van der Waals surface area contributed by atoms with E-state index in [4.69, 9.17) is 16.3 Å². The number of benzene rings is 1. The third-order valence-electron chi connectivity index (χ3n) is 2.02. The monoisotopic (exact) mass is 212 g/mol. The van der Waals surface area contributed by atoms with E-state index in [1.54, 1.807) is 0 Å². The van der Waals surface area contributed by atoms with E-state index in [1.165, 1.54) is 11.1 Å². The molecule has 0 bridgehead atoms. The molecule has 0 saturated carbocycles. The van der Waals surface area contributed by atoms with Crippen molar-refractivity contribution in [2.24, 2.45) is 0 Å². The van der Waals surface area contributed by atoms with Crippen molar-refractivity contribution in [1.29, 1.82) is 0 Å². The van der Waals surface area contributed by atoms with E-state index in [2.05, 4.69) is 25.1 Å². The highest BCUT2D eigenvalue weighted by atomic mass is 35.5. The normalized spacial score (nSPS) is 10.2. The fourth-order valence-electron chi connectivity index (χ4n) is 1.49. The summed E-state index contributed by atoms with van der Waals surface area (Å²) in [4.78, 5) is 0. The van der Waals surface area contributed by atoms with Crippen LogP contribution in [0.3, 0.4) is 0 Å². The van der Waals surface area contributed by atoms with E-state index in [0.717, 1.165) is 31.1 Å². The molecule has 0 amide bonds. The van der Waals surface area contributed by atoms with E-state index >= 15 is 0 Å². The van der Waals surface area contributed by atoms with Crippen LogP contribution in [0.5, 0.6) is 5.75 Å². The lowest BCUT2D eigenvalue weighted by molar-refractivity contribution is 0.339. The van der Waals surface area contributed by atoms with Crippen LogP contribution >= 0.6 is 11.6 Å². The summed E-state index contributed by atoms with van der Waals surface area (Å²) >= 11 is 5.66. The highest BCUT2D eigenvalue weighted by molar-refractivity contribution is 6.17. The molecule has 0 aromatic heterocycles. The summed E-state index contributed by atoms with van der Waals surface area (Å²) in [5, 5.41) is 0. The molecule has 1 aromatic carbocycles. The zero-order valence-electron chi connectivity index (χ0n) is 8.85. The van der Waals surface area contributed by atoms with Crippen molar-refractivity contribution in [3.63, 3.8) is 0 Å². The molecule has 0 aliphatic heterocycles. The summed E-state index contributed by atoms with van der Waals surface area (Å²) in [6.45, 7) is 4.81. The molecule has 0 aliphatic rings. The number of ether oxygens (including phenoxy) is 1. The summed E-state index contributed by atoms with van der Waals surface area (Å²) in [6.07, 6.45) is 2.06. The van der Waals surface area contributed by atoms with Crippen molar-refractivity contribution in [3.05, 3.63) is 29.3 Å². The topological polar surface area (TPSA) is 9.23 Å². The van der Waals surface area contributed by atoms with Crippen LogP contribution in [0.15, 0.2) is 18.2 Å². The Balaban J connectivity index is 2.73. The molecular weight excluding hydrogens is 196 g/mol. The predicted molar refractivity (Wildman–Crippen MR) is 61.4 cm³/mol. The second-order valence-corrected chi connectivity index (χ2v) is 3.76. The number of halogens is 1. The Hall–Kier alpha value is -0.690. The first-order chi connectivity index (χ1) is 6.76. The molecule has 1 nitrogen and oxygen atoms in total. The Labute approximate surface area is 91.0 Å². The zero-order valence-corrected chi connectivity index (χ0v) is 9.60. The average molecular weight is 213 g/mol. The lowest BCUT2D eigenvalue weighted by atomic mass is 10.1. The minimum atomic E-state index is 0.720. The Morgan fingerprint density at radius 1 is 1.29 bits per heavy atom. The first-order valence-electron chi connectivity index (χ1n) is 5.05. The van der Waals surface area contributed by atoms with Gasteiger partial charge in [0.15, 0.2) is 0 Å². The average Bonchev–Trinajstić information content (AvgIpc) is 2.14. The van der Waals surface area contributed by atoms with E-state index in [-0.39, 0.29) is 0 Å². The van der Waals surface area contributed by atoms with Gasteiger partial charge in [-0.15, -0.1) is 11.6 Å². The molecule has 0 aliphatic carbocycles. The molecule has 0 N–H and O–H groups in total. The predicted octanol–water partition coefficient (Wildman–Crippen LogP) is 3.57. The van der Waals surface area contributed by atoms with Crippen LogP contribution in [0.1, 0.15) is 24.5 Å². The zero-order chi connectivity index (χ0) is 10.4. The number of hydrogen-bond donors (Lipinski definition) is 0. The van der Waals surface area contributed by atoms with Crippen molar-refractivity contribution in [1.82, 2.24) is 0 Å². The van der Waals surface area contributed by atoms with Crippen LogP contribution in [0.4, 0.5) is 0 Å². The first kappa shape index (κ1) is 11.4. The molecule has 0 saturated heterocycles. The molecule has 0 fully saturated rings. The fraction of sp³-hybridized carbons (Fsp3) is 0.500. The highest BCUT2D eigenvalue weighted by Gasteiger charge is 1.99. The van der Waals surface area contributed by atoms with Gasteiger partial charge in [-0.2, -0.15) is 0 Å². The second-order valence-electron chi connectivity index (χ2n) is 3.38. The molecule has 78 valence electrons. The van der Waals surface area contributed by atoms with Gasteiger partial charge in [0.05, 0.1) is 6.61 Å². The van der Waals surface area contributed by atoms with E-state index < -0.39 is 0 Å². The van der Waals surface area contributed by atoms with Crippen molar-refractivity contribution in [2.45, 2.75) is 26.7 Å². The summed E-state index contributed by atoms with van der Waals surface area (Å²) in [6, 6.07) is 6.35. The van der Waals surface area contributed by atoms with Gasteiger partial charge in [0.2, 0.25) is 0 Å². The number of hydrogen-bond acceptors (Lipinski definition) is 1. The van der Waals surface area contributed by atoms with Gasteiger partial charge in [0.1, 0.15) is 5.75 Å². The van der Waals surface area contributed by atoms with Gasteiger partial charge in [-0.3, -0.25) is 0 Å². The van der Waals surface area contributed by atoms with Gasteiger partial charge in [0.25, 0.3) is 0 Å². The van der Waals surface area contributed by atoms with Crippen LogP contribution in [-0.4, -0.2) is 12.5 Å². The maximum atomic E-state index is 5.66. The first-order valence-corrected chi connectivity index (χ1v) is 5.59. The van der Waals surface area contributed by atoms with Crippen LogP contribution < -0.4 is 4.74 Å². The molecule has 1 aromatic rings. The number of rotatable bonds is 5. The Morgan fingerprint density at radius 3 is 2.71 bits per heavy atom. The minimum absolute atomic E-state index is 0.720. The van der Waals surface area contributed by atoms with Crippen LogP contribution in [-0.2, 0) is 6.42 Å². The Morgan fingerprint density at radius 2 is 2.07 bits per heavy atom. The molecule has 2 heteroatoms. The SMILES string of the molecule is CCOc1cc(C)cc(CCCCl)c1. The van der Waals surface area contributed by atoms with Gasteiger partial charge in [-0.05, 0) is 49.9 Å². The summed E-state index contributed by atoms with van der Waals surface area (Å²) < 4.78 is 5.47. The van der Waals surface area contributed by atoms with Crippen molar-refractivity contribution in [3.8, 4) is 5.75 Å². The number of alkyl halides is 1. The Bertz CT molecular complexity index is 284. The number of aryl methyl sites for hydroxylation is 2. The molecule has 0 atom stereocenters. The lowest BCUT2D eigenvalue weighted by Gasteiger charge is -2.07. The largest absolute Gasteiger partial charge is 0.494 e. The van der Waals surface area contributed by atoms with Crippen LogP contribution in [0.2, 0.25) is 0 Å². The van der Waals surface area contributed by atoms with Gasteiger partial charge < -0.3 is 4.74 Å². The summed E-state index contributed by atoms with van der Waals surface area (Å²) in [7, 11) is 0. The maximum Gasteiger partial charge on any atom is 0.119 e. The van der Waals surface area contributed by atoms with Crippen molar-refractivity contribution < 1.29 is 4.74 Å². The van der Waals surface area contributed by atoms with Gasteiger partial charge in [0, 0.05) is 5.88 Å². The quantitative estimate of drug-likeness (QED) is 0.679. The smallest absolute Gasteiger partial charge is 0.119 e. The molecule has 0 heterocycles. The summed E-state index contributed by atoms with van der Waals surface area (Å²) in [5.41, 5.74) is 2.56. The lowest BCUT2D eigenvalue weighted by Crippen LogP contribution is -1.94. The van der Waals surface area contributed by atoms with Crippen molar-refractivity contribution in [2.75, 3.05) is 12.5 Å². The van der Waals surface area contributed by atoms with Crippen LogP contribution in [0, 0.1) is 6.92 Å². The molecular formula is C12H17ClO. The second kappa shape index (κ2) is 5.92. The summed E-state index contributed by atoms with van der Waals surface area (Å²) in [5.74, 6) is 1.69. The minimum Gasteiger partial charge on any atom is -0.494 e. The maximum absolute atomic E-state index is 5.66. The molecule has 0 spiro atoms. The van der Waals surface area contributed by atoms with E-state index in [0.29, 0.717) is 0 Å². The Kier molecular flexibility index (Phi) is 4.81. The van der Waals surface area contributed by atoms with Crippen molar-refractivity contribution >= 4 is 11.6 Å². The molecule has 1 rings (SSSR count). The molecule has 14 heavy (non-hydrogen) atoms. The molecule has 0 unspecified atom stereocenters. The van der Waals surface area contributed by atoms with Gasteiger partial charge >= 0.3 is 0 Å². The van der Waals surface area contributed by atoms with E-state index in [1.807, 2.05) is 6.92 Å². The van der Waals surface area contributed by atoms with Crippen LogP contribution in [0.25, 0.3) is 0 Å². The molecule has 0 radical (unpaired) electrons. The third kappa shape index (κ3) is 3.59. The van der Waals surface area contributed by atoms with Gasteiger partial charge in [-0.25, -0.2) is 0 Å². The van der Waals surface area contributed by atoms with E-state index in [9.17, 15) is 0 Å². The third-order valence-corrected chi connectivity index (χ3v) is 2.29. The standard InChI is InChI=1S/C12H17ClO/c1-3-14-12-8-10(2)7-11(9-12)5-4-6-13/h7-9H,3-6H2,1-2H3.